The van der Waals surface area contributed by atoms with Crippen LogP contribution in [0.4, 0.5) is 0 Å². The van der Waals surface area contributed by atoms with Gasteiger partial charge in [-0.3, -0.25) is 9.79 Å². The van der Waals surface area contributed by atoms with Gasteiger partial charge in [0, 0.05) is 27.2 Å². The molecule has 0 aliphatic heterocycles. The summed E-state index contributed by atoms with van der Waals surface area (Å²) >= 11 is 0. The highest BCUT2D eigenvalue weighted by molar-refractivity contribution is 14.0. The molecule has 1 aromatic rings. The minimum Gasteiger partial charge on any atom is -0.484 e. The van der Waals surface area contributed by atoms with Crippen molar-refractivity contribution < 1.29 is 9.53 Å². The number of rotatable bonds is 9. The van der Waals surface area contributed by atoms with Crippen molar-refractivity contribution in [2.45, 2.75) is 26.2 Å². The first-order chi connectivity index (χ1) is 11.1. The number of nitrogens with two attached hydrogens (primary N) is 1. The fourth-order valence-corrected chi connectivity index (χ4v) is 2.11. The van der Waals surface area contributed by atoms with Crippen LogP contribution in [0.3, 0.4) is 0 Å². The average molecular weight is 448 g/mol. The van der Waals surface area contributed by atoms with Gasteiger partial charge in [-0.1, -0.05) is 25.5 Å². The number of nitrogens with one attached hydrogen (secondary N) is 1. The van der Waals surface area contributed by atoms with Crippen LogP contribution in [0.15, 0.2) is 29.3 Å². The maximum absolute atomic E-state index is 10.7. The van der Waals surface area contributed by atoms with Crippen molar-refractivity contribution in [3.63, 3.8) is 0 Å². The molecule has 7 heteroatoms. The molecule has 0 saturated carbocycles. The summed E-state index contributed by atoms with van der Waals surface area (Å²) in [5.41, 5.74) is 6.24. The smallest absolute Gasteiger partial charge is 0.255 e. The van der Waals surface area contributed by atoms with Crippen LogP contribution < -0.4 is 15.8 Å². The van der Waals surface area contributed by atoms with Gasteiger partial charge >= 0.3 is 0 Å². The molecule has 3 N–H and O–H groups in total. The Hall–Kier alpha value is -1.51. The summed E-state index contributed by atoms with van der Waals surface area (Å²) in [5.74, 6) is 1.09. The third-order valence-electron chi connectivity index (χ3n) is 3.42. The number of amides is 1. The molecule has 0 saturated heterocycles. The van der Waals surface area contributed by atoms with Gasteiger partial charge in [0.15, 0.2) is 12.6 Å². The fraction of sp³-hybridized carbons (Fsp3) is 0.529. The Morgan fingerprint density at radius 2 is 2.00 bits per heavy atom. The van der Waals surface area contributed by atoms with E-state index in [4.69, 9.17) is 10.5 Å². The SMILES string of the molecule is CCCCN(C)C(=NC)NCCc1ccc(OCC(N)=O)cc1.I. The Morgan fingerprint density at radius 3 is 2.54 bits per heavy atom. The minimum absolute atomic E-state index is 0. The predicted octanol–water partition coefficient (Wildman–Crippen LogP) is 2.02. The molecule has 0 radical (unpaired) electrons. The van der Waals surface area contributed by atoms with Crippen LogP contribution in [-0.4, -0.2) is 50.6 Å². The van der Waals surface area contributed by atoms with Crippen LogP contribution in [0.5, 0.6) is 5.75 Å². The first-order valence-electron chi connectivity index (χ1n) is 7.98. The summed E-state index contributed by atoms with van der Waals surface area (Å²) in [4.78, 5) is 17.1. The van der Waals surface area contributed by atoms with Gasteiger partial charge < -0.3 is 20.7 Å². The zero-order valence-corrected chi connectivity index (χ0v) is 17.1. The Bertz CT molecular complexity index is 506. The molecule has 1 amide bonds. The maximum Gasteiger partial charge on any atom is 0.255 e. The Morgan fingerprint density at radius 1 is 1.33 bits per heavy atom. The molecule has 0 heterocycles. The lowest BCUT2D eigenvalue weighted by molar-refractivity contribution is -0.119. The first-order valence-corrected chi connectivity index (χ1v) is 7.98. The van der Waals surface area contributed by atoms with Crippen molar-refractivity contribution in [3.8, 4) is 5.75 Å². The number of nitrogens with zero attached hydrogens (tertiary/aromatic N) is 2. The number of ether oxygens (including phenoxy) is 1. The lowest BCUT2D eigenvalue weighted by atomic mass is 10.1. The third-order valence-corrected chi connectivity index (χ3v) is 3.42. The van der Waals surface area contributed by atoms with Gasteiger partial charge in [-0.2, -0.15) is 0 Å². The van der Waals surface area contributed by atoms with E-state index in [0.29, 0.717) is 5.75 Å². The van der Waals surface area contributed by atoms with Crippen LogP contribution in [0, 0.1) is 0 Å². The molecule has 136 valence electrons. The van der Waals surface area contributed by atoms with Gasteiger partial charge in [-0.15, -0.1) is 24.0 Å². The molecule has 0 unspecified atom stereocenters. The lowest BCUT2D eigenvalue weighted by Gasteiger charge is -2.21. The van der Waals surface area contributed by atoms with Crippen molar-refractivity contribution in [3.05, 3.63) is 29.8 Å². The second kappa shape index (κ2) is 12.9. The number of primary amides is 1. The third kappa shape index (κ3) is 8.95. The highest BCUT2D eigenvalue weighted by atomic mass is 127. The molecular weight excluding hydrogens is 419 g/mol. The predicted molar refractivity (Wildman–Crippen MR) is 109 cm³/mol. The highest BCUT2D eigenvalue weighted by Gasteiger charge is 2.04. The molecular formula is C17H29IN4O2. The number of hydrogen-bond donors (Lipinski definition) is 2. The van der Waals surface area contributed by atoms with E-state index >= 15 is 0 Å². The number of hydrogen-bond acceptors (Lipinski definition) is 3. The largest absolute Gasteiger partial charge is 0.484 e. The molecule has 1 rings (SSSR count). The molecule has 0 spiro atoms. The van der Waals surface area contributed by atoms with Crippen LogP contribution in [-0.2, 0) is 11.2 Å². The Kier molecular flexibility index (Phi) is 12.0. The van der Waals surface area contributed by atoms with Gasteiger partial charge in [0.25, 0.3) is 5.91 Å². The number of guanidine groups is 1. The van der Waals surface area contributed by atoms with Crippen molar-refractivity contribution in [1.29, 1.82) is 0 Å². The average Bonchev–Trinajstić information content (AvgIpc) is 2.55. The number of benzene rings is 1. The van der Waals surface area contributed by atoms with E-state index in [9.17, 15) is 4.79 Å². The standard InChI is InChI=1S/C17H28N4O2.HI/c1-4-5-12-21(3)17(19-2)20-11-10-14-6-8-15(9-7-14)23-13-16(18)22;/h6-9H,4-5,10-13H2,1-3H3,(H2,18,22)(H,19,20);1H. The zero-order valence-electron chi connectivity index (χ0n) is 14.7. The molecule has 1 aromatic carbocycles. The zero-order chi connectivity index (χ0) is 17.1. The monoisotopic (exact) mass is 448 g/mol. The van der Waals surface area contributed by atoms with Crippen LogP contribution >= 0.6 is 24.0 Å². The van der Waals surface area contributed by atoms with Gasteiger partial charge in [0.1, 0.15) is 5.75 Å². The van der Waals surface area contributed by atoms with Crippen LogP contribution in [0.25, 0.3) is 0 Å². The van der Waals surface area contributed by atoms with Gasteiger partial charge in [-0.25, -0.2) is 0 Å². The second-order valence-electron chi connectivity index (χ2n) is 5.40. The van der Waals surface area contributed by atoms with Crippen LogP contribution in [0.1, 0.15) is 25.3 Å². The fourth-order valence-electron chi connectivity index (χ4n) is 2.11. The Labute approximate surface area is 161 Å². The maximum atomic E-state index is 10.7. The van der Waals surface area contributed by atoms with Crippen molar-refractivity contribution in [2.75, 3.05) is 33.8 Å². The highest BCUT2D eigenvalue weighted by Crippen LogP contribution is 2.12. The molecule has 0 aliphatic rings. The van der Waals surface area contributed by atoms with Crippen LogP contribution in [0.2, 0.25) is 0 Å². The number of carbonyl (C=O) groups is 1. The summed E-state index contributed by atoms with van der Waals surface area (Å²) in [6, 6.07) is 7.67. The second-order valence-corrected chi connectivity index (χ2v) is 5.40. The minimum atomic E-state index is -0.475. The van der Waals surface area contributed by atoms with E-state index in [2.05, 4.69) is 29.2 Å². The van der Waals surface area contributed by atoms with E-state index in [1.807, 2.05) is 24.3 Å². The summed E-state index contributed by atoms with van der Waals surface area (Å²) < 4.78 is 5.24. The van der Waals surface area contributed by atoms with E-state index < -0.39 is 5.91 Å². The van der Waals surface area contributed by atoms with E-state index in [-0.39, 0.29) is 30.6 Å². The van der Waals surface area contributed by atoms with Gasteiger partial charge in [-0.05, 0) is 30.5 Å². The number of carbonyl (C=O) groups excluding carboxylic acids is 1. The molecule has 0 fully saturated rings. The summed E-state index contributed by atoms with van der Waals surface area (Å²) in [7, 11) is 3.85. The topological polar surface area (TPSA) is 79.9 Å². The van der Waals surface area contributed by atoms with E-state index in [0.717, 1.165) is 31.9 Å². The first kappa shape index (κ1) is 22.5. The van der Waals surface area contributed by atoms with Crippen molar-refractivity contribution >= 4 is 35.8 Å². The summed E-state index contributed by atoms with van der Waals surface area (Å²) in [5, 5.41) is 3.36. The van der Waals surface area contributed by atoms with Gasteiger partial charge in [0.2, 0.25) is 0 Å². The lowest BCUT2D eigenvalue weighted by Crippen LogP contribution is -2.40. The van der Waals surface area contributed by atoms with E-state index in [1.54, 1.807) is 7.05 Å². The van der Waals surface area contributed by atoms with Gasteiger partial charge in [0.05, 0.1) is 0 Å². The normalized spacial score (nSPS) is 10.7. The number of aliphatic imine (C=N–C) groups is 1. The quantitative estimate of drug-likeness (QED) is 0.344. The molecule has 0 bridgehead atoms. The van der Waals surface area contributed by atoms with E-state index in [1.165, 1.54) is 12.0 Å². The summed E-state index contributed by atoms with van der Waals surface area (Å²) in [6.45, 7) is 3.90. The molecule has 24 heavy (non-hydrogen) atoms. The molecule has 0 aromatic heterocycles. The number of unbranched alkanes of at least 4 members (excludes halogenated alkanes) is 1. The van der Waals surface area contributed by atoms with Crippen molar-refractivity contribution in [2.24, 2.45) is 10.7 Å². The summed E-state index contributed by atoms with van der Waals surface area (Å²) in [6.07, 6.45) is 3.21. The van der Waals surface area contributed by atoms with Crippen molar-refractivity contribution in [1.82, 2.24) is 10.2 Å². The molecule has 0 aliphatic carbocycles. The number of halogens is 1. The molecule has 6 nitrogen and oxygen atoms in total. The molecule has 0 atom stereocenters. The Balaban J connectivity index is 0.00000529.